The van der Waals surface area contributed by atoms with Crippen molar-refractivity contribution in [2.24, 2.45) is 0 Å². The lowest BCUT2D eigenvalue weighted by atomic mass is 9.98. The lowest BCUT2D eigenvalue weighted by molar-refractivity contribution is -0.134. The van der Waals surface area contributed by atoms with E-state index in [0.29, 0.717) is 6.61 Å². The summed E-state index contributed by atoms with van der Waals surface area (Å²) in [6, 6.07) is 18.4. The number of carbonyl (C=O) groups excluding carboxylic acids is 1. The Labute approximate surface area is 180 Å². The molecular weight excluding hydrogens is 428 g/mol. The summed E-state index contributed by atoms with van der Waals surface area (Å²) in [6.07, 6.45) is 6.56. The van der Waals surface area contributed by atoms with Gasteiger partial charge in [0.15, 0.2) is 0 Å². The highest BCUT2D eigenvalue weighted by molar-refractivity contribution is 9.10. The molecule has 0 amide bonds. The summed E-state index contributed by atoms with van der Waals surface area (Å²) in [6.45, 7) is 2.90. The van der Waals surface area contributed by atoms with Crippen LogP contribution in [-0.4, -0.2) is 19.7 Å². The predicted octanol–water partition coefficient (Wildman–Crippen LogP) is 7.02. The zero-order valence-corrected chi connectivity index (χ0v) is 18.4. The van der Waals surface area contributed by atoms with E-state index in [4.69, 9.17) is 4.74 Å². The van der Waals surface area contributed by atoms with Crippen molar-refractivity contribution >= 4 is 38.7 Å². The Balaban J connectivity index is 2.02. The number of halogens is 1. The number of ether oxygens (including phenoxy) is 2. The number of methoxy groups -OCH3 is 1. The second-order valence-corrected chi connectivity index (χ2v) is 7.61. The molecule has 29 heavy (non-hydrogen) atoms. The molecule has 0 aliphatic rings. The fourth-order valence-electron chi connectivity index (χ4n) is 3.21. The zero-order chi connectivity index (χ0) is 20.6. The number of unbranched alkanes of at least 4 members (excludes halogenated alkanes) is 2. The first-order valence-electron chi connectivity index (χ1n) is 9.84. The molecule has 3 aromatic carbocycles. The van der Waals surface area contributed by atoms with Crippen LogP contribution in [0.2, 0.25) is 0 Å². The van der Waals surface area contributed by atoms with E-state index in [-0.39, 0.29) is 5.97 Å². The molecule has 0 saturated carbocycles. The average molecular weight is 453 g/mol. The molecule has 3 rings (SSSR count). The van der Waals surface area contributed by atoms with Crippen LogP contribution in [0.25, 0.3) is 28.0 Å². The third-order valence-corrected chi connectivity index (χ3v) is 5.61. The van der Waals surface area contributed by atoms with Crippen LogP contribution in [0.5, 0.6) is 5.75 Å². The summed E-state index contributed by atoms with van der Waals surface area (Å²) < 4.78 is 11.9. The van der Waals surface area contributed by atoms with Crippen LogP contribution < -0.4 is 4.74 Å². The van der Waals surface area contributed by atoms with Gasteiger partial charge in [0.25, 0.3) is 0 Å². The Morgan fingerprint density at radius 3 is 2.59 bits per heavy atom. The molecular formula is C25H25BrO3. The van der Waals surface area contributed by atoms with Gasteiger partial charge in [-0.05, 0) is 51.7 Å². The quantitative estimate of drug-likeness (QED) is 0.209. The molecule has 0 aromatic heterocycles. The Hall–Kier alpha value is -2.59. The van der Waals surface area contributed by atoms with Gasteiger partial charge in [-0.25, -0.2) is 4.79 Å². The van der Waals surface area contributed by atoms with Crippen molar-refractivity contribution in [3.05, 3.63) is 70.7 Å². The van der Waals surface area contributed by atoms with Crippen molar-refractivity contribution in [1.29, 1.82) is 0 Å². The number of benzene rings is 3. The molecule has 0 N–H and O–H groups in total. The van der Waals surface area contributed by atoms with E-state index in [0.717, 1.165) is 50.5 Å². The summed E-state index contributed by atoms with van der Waals surface area (Å²) in [5.74, 6) is 0.524. The number of hydrogen-bond donors (Lipinski definition) is 0. The first-order chi connectivity index (χ1) is 14.1. The van der Waals surface area contributed by atoms with Gasteiger partial charge >= 0.3 is 5.97 Å². The van der Waals surface area contributed by atoms with E-state index in [1.807, 2.05) is 24.3 Å². The van der Waals surface area contributed by atoms with Crippen LogP contribution in [0.4, 0.5) is 0 Å². The van der Waals surface area contributed by atoms with Crippen molar-refractivity contribution < 1.29 is 14.3 Å². The maximum atomic E-state index is 11.4. The summed E-state index contributed by atoms with van der Waals surface area (Å²) in [4.78, 5) is 11.4. The SMILES string of the molecule is CCCCCOc1cc(-c2cccc(C=CC(=O)OC)c2)c(Br)c2ccccc12. The largest absolute Gasteiger partial charge is 0.493 e. The van der Waals surface area contributed by atoms with Gasteiger partial charge in [0.05, 0.1) is 13.7 Å². The van der Waals surface area contributed by atoms with E-state index in [2.05, 4.69) is 57.9 Å². The number of hydrogen-bond acceptors (Lipinski definition) is 3. The Morgan fingerprint density at radius 2 is 1.83 bits per heavy atom. The van der Waals surface area contributed by atoms with E-state index in [9.17, 15) is 4.79 Å². The Morgan fingerprint density at radius 1 is 1.03 bits per heavy atom. The van der Waals surface area contributed by atoms with E-state index >= 15 is 0 Å². The first-order valence-corrected chi connectivity index (χ1v) is 10.6. The van der Waals surface area contributed by atoms with Crippen LogP contribution in [0, 0.1) is 0 Å². The molecule has 0 aliphatic carbocycles. The summed E-state index contributed by atoms with van der Waals surface area (Å²) in [7, 11) is 1.37. The molecule has 0 saturated heterocycles. The minimum atomic E-state index is -0.370. The van der Waals surface area contributed by atoms with E-state index in [1.54, 1.807) is 6.08 Å². The Kier molecular flexibility index (Phi) is 7.48. The van der Waals surface area contributed by atoms with E-state index in [1.165, 1.54) is 19.6 Å². The van der Waals surface area contributed by atoms with Gasteiger partial charge in [0, 0.05) is 26.9 Å². The second kappa shape index (κ2) is 10.3. The van der Waals surface area contributed by atoms with Crippen LogP contribution >= 0.6 is 15.9 Å². The smallest absolute Gasteiger partial charge is 0.330 e. The van der Waals surface area contributed by atoms with Crippen molar-refractivity contribution in [1.82, 2.24) is 0 Å². The van der Waals surface area contributed by atoms with Crippen LogP contribution in [-0.2, 0) is 9.53 Å². The number of esters is 1. The molecule has 3 aromatic rings. The van der Waals surface area contributed by atoms with Gasteiger partial charge < -0.3 is 9.47 Å². The molecule has 0 heterocycles. The van der Waals surface area contributed by atoms with Crippen molar-refractivity contribution in [2.45, 2.75) is 26.2 Å². The highest BCUT2D eigenvalue weighted by atomic mass is 79.9. The molecule has 0 fully saturated rings. The van der Waals surface area contributed by atoms with Crippen molar-refractivity contribution in [2.75, 3.05) is 13.7 Å². The molecule has 0 spiro atoms. The standard InChI is InChI=1S/C25H25BrO3/c1-3-4-7-15-29-23-17-22(25(26)21-12-6-5-11-20(21)23)19-10-8-9-18(16-19)13-14-24(27)28-2/h5-6,8-14,16-17H,3-4,7,15H2,1-2H3. The van der Waals surface area contributed by atoms with Gasteiger partial charge in [-0.3, -0.25) is 0 Å². The molecule has 150 valence electrons. The van der Waals surface area contributed by atoms with Crippen LogP contribution in [0.1, 0.15) is 31.7 Å². The summed E-state index contributed by atoms with van der Waals surface area (Å²) >= 11 is 3.80. The lowest BCUT2D eigenvalue weighted by Gasteiger charge is -2.15. The van der Waals surface area contributed by atoms with E-state index < -0.39 is 0 Å². The molecule has 0 radical (unpaired) electrons. The first kappa shape index (κ1) is 21.1. The number of rotatable bonds is 8. The normalized spacial score (nSPS) is 11.1. The van der Waals surface area contributed by atoms with Gasteiger partial charge in [0.1, 0.15) is 5.75 Å². The molecule has 4 heteroatoms. The number of fused-ring (bicyclic) bond motifs is 1. The monoisotopic (exact) mass is 452 g/mol. The topological polar surface area (TPSA) is 35.5 Å². The summed E-state index contributed by atoms with van der Waals surface area (Å²) in [5, 5.41) is 2.22. The van der Waals surface area contributed by atoms with Crippen LogP contribution in [0.3, 0.4) is 0 Å². The molecule has 0 aliphatic heterocycles. The zero-order valence-electron chi connectivity index (χ0n) is 16.8. The maximum Gasteiger partial charge on any atom is 0.330 e. The highest BCUT2D eigenvalue weighted by Gasteiger charge is 2.13. The summed E-state index contributed by atoms with van der Waals surface area (Å²) in [5.41, 5.74) is 3.04. The van der Waals surface area contributed by atoms with Gasteiger partial charge in [-0.1, -0.05) is 62.2 Å². The molecule has 0 bridgehead atoms. The van der Waals surface area contributed by atoms with Crippen molar-refractivity contribution in [3.63, 3.8) is 0 Å². The minimum absolute atomic E-state index is 0.370. The lowest BCUT2D eigenvalue weighted by Crippen LogP contribution is -1.98. The second-order valence-electron chi connectivity index (χ2n) is 6.82. The van der Waals surface area contributed by atoms with Gasteiger partial charge in [0.2, 0.25) is 0 Å². The third kappa shape index (κ3) is 5.27. The highest BCUT2D eigenvalue weighted by Crippen LogP contribution is 2.40. The molecule has 0 unspecified atom stereocenters. The maximum absolute atomic E-state index is 11.4. The van der Waals surface area contributed by atoms with Crippen molar-refractivity contribution in [3.8, 4) is 16.9 Å². The minimum Gasteiger partial charge on any atom is -0.493 e. The van der Waals surface area contributed by atoms with Gasteiger partial charge in [-0.15, -0.1) is 0 Å². The van der Waals surface area contributed by atoms with Crippen LogP contribution in [0.15, 0.2) is 65.1 Å². The molecule has 0 atom stereocenters. The fourth-order valence-corrected chi connectivity index (χ4v) is 3.90. The fraction of sp³-hybridized carbons (Fsp3) is 0.240. The predicted molar refractivity (Wildman–Crippen MR) is 123 cm³/mol. The third-order valence-electron chi connectivity index (χ3n) is 4.76. The average Bonchev–Trinajstić information content (AvgIpc) is 2.76. The Bertz CT molecular complexity index is 1020. The molecule has 3 nitrogen and oxygen atoms in total. The van der Waals surface area contributed by atoms with Gasteiger partial charge in [-0.2, -0.15) is 0 Å². The number of carbonyl (C=O) groups is 1.